The molecule has 0 fully saturated rings. The second kappa shape index (κ2) is 7.00. The lowest BCUT2D eigenvalue weighted by molar-refractivity contribution is -0.110. The molecular weight excluding hydrogens is 435 g/mol. The fraction of sp³-hybridized carbons (Fsp3) is 0.0526. The average Bonchev–Trinajstić information content (AvgIpc) is 3.11. The van der Waals surface area contributed by atoms with Gasteiger partial charge >= 0.3 is 0 Å². The van der Waals surface area contributed by atoms with Crippen molar-refractivity contribution in [2.45, 2.75) is 11.8 Å². The van der Waals surface area contributed by atoms with E-state index in [1.807, 2.05) is 0 Å². The minimum atomic E-state index is -3.91. The van der Waals surface area contributed by atoms with Crippen LogP contribution in [0.1, 0.15) is 16.8 Å². The van der Waals surface area contributed by atoms with Gasteiger partial charge in [-0.25, -0.2) is 18.2 Å². The number of nitrogens with one attached hydrogen (secondary N) is 1. The second-order valence-electron chi connectivity index (χ2n) is 6.45. The molecule has 4 rings (SSSR count). The molecule has 3 aromatic rings. The summed E-state index contributed by atoms with van der Waals surface area (Å²) < 4.78 is 24.9. The number of rotatable bonds is 3. The largest absolute Gasteiger partial charge is 0.321 e. The zero-order valence-electron chi connectivity index (χ0n) is 15.0. The van der Waals surface area contributed by atoms with Gasteiger partial charge in [-0.2, -0.15) is 5.10 Å². The number of nitrogens with zero attached hydrogens (tertiary/aromatic N) is 2. The van der Waals surface area contributed by atoms with E-state index in [0.29, 0.717) is 38.4 Å². The Hall–Kier alpha value is -2.65. The van der Waals surface area contributed by atoms with Crippen molar-refractivity contribution in [1.29, 1.82) is 0 Å². The molecule has 0 saturated heterocycles. The lowest BCUT2D eigenvalue weighted by Crippen LogP contribution is -2.12. The van der Waals surface area contributed by atoms with Gasteiger partial charge in [0.1, 0.15) is 5.15 Å². The van der Waals surface area contributed by atoms with E-state index in [4.69, 9.17) is 28.3 Å². The highest BCUT2D eigenvalue weighted by Gasteiger charge is 2.27. The summed E-state index contributed by atoms with van der Waals surface area (Å²) in [5.41, 5.74) is 2.97. The van der Waals surface area contributed by atoms with Crippen LogP contribution in [-0.4, -0.2) is 24.1 Å². The Morgan fingerprint density at radius 1 is 1.17 bits per heavy atom. The maximum absolute atomic E-state index is 12.5. The third kappa shape index (κ3) is 3.56. The van der Waals surface area contributed by atoms with Crippen LogP contribution < -0.4 is 10.5 Å². The van der Waals surface area contributed by atoms with Crippen LogP contribution in [-0.2, 0) is 14.8 Å². The summed E-state index contributed by atoms with van der Waals surface area (Å²) in [5, 5.41) is 13.2. The molecule has 10 heteroatoms. The molecule has 0 saturated carbocycles. The van der Waals surface area contributed by atoms with Crippen molar-refractivity contribution in [3.63, 3.8) is 0 Å². The predicted molar refractivity (Wildman–Crippen MR) is 113 cm³/mol. The zero-order valence-corrected chi connectivity index (χ0v) is 17.3. The molecule has 2 aromatic carbocycles. The molecular formula is C19H14Cl2N4O3S. The first-order chi connectivity index (χ1) is 13.6. The van der Waals surface area contributed by atoms with Gasteiger partial charge in [-0.1, -0.05) is 29.3 Å². The van der Waals surface area contributed by atoms with Gasteiger partial charge in [0.25, 0.3) is 5.91 Å². The van der Waals surface area contributed by atoms with Crippen LogP contribution in [0.4, 0.5) is 5.69 Å². The molecule has 2 heterocycles. The van der Waals surface area contributed by atoms with Crippen LogP contribution in [0.25, 0.3) is 17.3 Å². The zero-order chi connectivity index (χ0) is 20.9. The van der Waals surface area contributed by atoms with Gasteiger partial charge in [0.2, 0.25) is 10.0 Å². The molecule has 3 N–H and O–H groups in total. The van der Waals surface area contributed by atoms with Gasteiger partial charge in [0, 0.05) is 27.4 Å². The van der Waals surface area contributed by atoms with Crippen molar-refractivity contribution in [1.82, 2.24) is 9.78 Å². The lowest BCUT2D eigenvalue weighted by Gasteiger charge is -2.04. The van der Waals surface area contributed by atoms with Gasteiger partial charge in [-0.15, -0.1) is 0 Å². The van der Waals surface area contributed by atoms with Crippen molar-refractivity contribution < 1.29 is 13.2 Å². The molecule has 1 aliphatic heterocycles. The Morgan fingerprint density at radius 2 is 1.93 bits per heavy atom. The van der Waals surface area contributed by atoms with Crippen LogP contribution in [0, 0.1) is 6.92 Å². The molecule has 29 heavy (non-hydrogen) atoms. The third-order valence-corrected chi connectivity index (χ3v) is 6.00. The summed E-state index contributed by atoms with van der Waals surface area (Å²) >= 11 is 12.6. The lowest BCUT2D eigenvalue weighted by atomic mass is 10.0. The predicted octanol–water partition coefficient (Wildman–Crippen LogP) is 3.63. The van der Waals surface area contributed by atoms with Gasteiger partial charge in [0.15, 0.2) is 0 Å². The number of carbonyl (C=O) groups is 1. The number of aromatic nitrogens is 2. The first-order valence-electron chi connectivity index (χ1n) is 8.36. The number of halogens is 2. The molecule has 1 aliphatic rings. The van der Waals surface area contributed by atoms with Gasteiger partial charge in [-0.05, 0) is 49.4 Å². The second-order valence-corrected chi connectivity index (χ2v) is 8.80. The first kappa shape index (κ1) is 19.7. The molecule has 148 valence electrons. The summed E-state index contributed by atoms with van der Waals surface area (Å²) in [6, 6.07) is 11.2. The van der Waals surface area contributed by atoms with E-state index in [2.05, 4.69) is 10.4 Å². The summed E-state index contributed by atoms with van der Waals surface area (Å²) in [4.78, 5) is 12.4. The molecule has 0 spiro atoms. The fourth-order valence-corrected chi connectivity index (χ4v) is 4.14. The Bertz CT molecular complexity index is 1310. The highest BCUT2D eigenvalue weighted by atomic mass is 35.5. The molecule has 1 aromatic heterocycles. The number of amides is 1. The van der Waals surface area contributed by atoms with Crippen molar-refractivity contribution in [2.24, 2.45) is 5.14 Å². The normalized spacial score (nSPS) is 14.9. The van der Waals surface area contributed by atoms with Crippen molar-refractivity contribution in [3.05, 3.63) is 69.5 Å². The smallest absolute Gasteiger partial charge is 0.256 e. The van der Waals surface area contributed by atoms with Gasteiger partial charge in [0.05, 0.1) is 16.3 Å². The third-order valence-electron chi connectivity index (χ3n) is 4.49. The maximum Gasteiger partial charge on any atom is 0.256 e. The number of hydrogen-bond acceptors (Lipinski definition) is 4. The van der Waals surface area contributed by atoms with Crippen LogP contribution in [0.5, 0.6) is 0 Å². The number of fused-ring (bicyclic) bond motifs is 1. The Morgan fingerprint density at radius 3 is 2.62 bits per heavy atom. The highest BCUT2D eigenvalue weighted by Crippen LogP contribution is 2.36. The number of benzene rings is 2. The Labute approximate surface area is 176 Å². The molecule has 0 radical (unpaired) electrons. The molecule has 0 unspecified atom stereocenters. The van der Waals surface area contributed by atoms with Crippen molar-refractivity contribution in [3.8, 4) is 5.69 Å². The first-order valence-corrected chi connectivity index (χ1v) is 10.7. The SMILES string of the molecule is Cc1nn(-c2cccc(Cl)c2)c(Cl)c1/C=C1\C(=O)Nc2ccc(S(N)(=O)=O)cc21. The molecule has 1 amide bonds. The summed E-state index contributed by atoms with van der Waals surface area (Å²) in [6.07, 6.45) is 1.58. The minimum absolute atomic E-state index is 0.0870. The van der Waals surface area contributed by atoms with E-state index in [0.717, 1.165) is 0 Å². The van der Waals surface area contributed by atoms with E-state index in [9.17, 15) is 13.2 Å². The number of hydrogen-bond donors (Lipinski definition) is 2. The van der Waals surface area contributed by atoms with Gasteiger partial charge in [-0.3, -0.25) is 4.79 Å². The standard InChI is InChI=1S/C19H14Cl2N4O3S/c1-10-14(18(21)25(24-10)12-4-2-3-11(20)7-12)9-16-15-8-13(29(22,27)28)5-6-17(15)23-19(16)26/h2-9H,1H3,(H,23,26)(H2,22,27,28)/b16-9-. The summed E-state index contributed by atoms with van der Waals surface area (Å²) in [6.45, 7) is 1.76. The number of primary sulfonamides is 1. The van der Waals surface area contributed by atoms with Crippen LogP contribution >= 0.6 is 23.2 Å². The molecule has 0 aliphatic carbocycles. The number of carbonyl (C=O) groups excluding carboxylic acids is 1. The molecule has 7 nitrogen and oxygen atoms in total. The average molecular weight is 449 g/mol. The molecule has 0 bridgehead atoms. The number of nitrogens with two attached hydrogens (primary N) is 1. The van der Waals surface area contributed by atoms with E-state index < -0.39 is 10.0 Å². The minimum Gasteiger partial charge on any atom is -0.321 e. The van der Waals surface area contributed by atoms with Crippen LogP contribution in [0.15, 0.2) is 47.4 Å². The monoisotopic (exact) mass is 448 g/mol. The highest BCUT2D eigenvalue weighted by molar-refractivity contribution is 7.89. The topological polar surface area (TPSA) is 107 Å². The van der Waals surface area contributed by atoms with Crippen LogP contribution in [0.2, 0.25) is 10.2 Å². The summed E-state index contributed by atoms with van der Waals surface area (Å²) in [7, 11) is -3.91. The summed E-state index contributed by atoms with van der Waals surface area (Å²) in [5.74, 6) is -0.377. The number of sulfonamides is 1. The maximum atomic E-state index is 12.5. The van der Waals surface area contributed by atoms with E-state index in [1.54, 1.807) is 37.3 Å². The van der Waals surface area contributed by atoms with Crippen LogP contribution in [0.3, 0.4) is 0 Å². The Balaban J connectivity index is 1.85. The van der Waals surface area contributed by atoms with Crippen molar-refractivity contribution in [2.75, 3.05) is 5.32 Å². The fourth-order valence-electron chi connectivity index (χ4n) is 3.09. The molecule has 0 atom stereocenters. The Kier molecular flexibility index (Phi) is 4.74. The van der Waals surface area contributed by atoms with E-state index in [-0.39, 0.29) is 16.4 Å². The van der Waals surface area contributed by atoms with Crippen molar-refractivity contribution >= 4 is 56.5 Å². The van der Waals surface area contributed by atoms with E-state index >= 15 is 0 Å². The van der Waals surface area contributed by atoms with Gasteiger partial charge < -0.3 is 5.32 Å². The number of aryl methyl sites for hydroxylation is 1. The quantitative estimate of drug-likeness (QED) is 0.596. The van der Waals surface area contributed by atoms with E-state index in [1.165, 1.54) is 22.9 Å². The number of anilines is 1.